The lowest BCUT2D eigenvalue weighted by atomic mass is 10.4. The Morgan fingerprint density at radius 2 is 2.00 bits per heavy atom. The van der Waals surface area contributed by atoms with Crippen molar-refractivity contribution in [1.82, 2.24) is 0 Å². The molecule has 0 aromatic heterocycles. The zero-order valence-corrected chi connectivity index (χ0v) is 11.7. The van der Waals surface area contributed by atoms with Crippen LogP contribution in [0.3, 0.4) is 0 Å². The molecule has 0 bridgehead atoms. The van der Waals surface area contributed by atoms with Crippen LogP contribution in [0.1, 0.15) is 19.8 Å². The van der Waals surface area contributed by atoms with Gasteiger partial charge in [-0.3, -0.25) is 0 Å². The average molecular weight is 257 g/mol. The minimum Gasteiger partial charge on any atom is -0.179 e. The van der Waals surface area contributed by atoms with Gasteiger partial charge in [-0.15, -0.1) is 0 Å². The van der Waals surface area contributed by atoms with Gasteiger partial charge in [0.05, 0.1) is 0 Å². The van der Waals surface area contributed by atoms with E-state index in [-0.39, 0.29) is 0 Å². The van der Waals surface area contributed by atoms with Gasteiger partial charge in [0.2, 0.25) is 0 Å². The summed E-state index contributed by atoms with van der Waals surface area (Å²) < 4.78 is 0. The summed E-state index contributed by atoms with van der Waals surface area (Å²) in [5.41, 5.74) is 0. The van der Waals surface area contributed by atoms with Crippen molar-refractivity contribution in [1.29, 1.82) is 0 Å². The summed E-state index contributed by atoms with van der Waals surface area (Å²) >= 11 is 12.6. The van der Waals surface area contributed by atoms with Gasteiger partial charge < -0.3 is 0 Å². The number of hydrogen-bond donors (Lipinski definition) is 2. The van der Waals surface area contributed by atoms with Gasteiger partial charge in [0, 0.05) is 16.8 Å². The SMILES string of the molecule is CCSC(CS)CSCCCCS. The quantitative estimate of drug-likeness (QED) is 0.479. The molecular weight excluding hydrogens is 236 g/mol. The van der Waals surface area contributed by atoms with Crippen LogP contribution < -0.4 is 0 Å². The van der Waals surface area contributed by atoms with Gasteiger partial charge in [-0.1, -0.05) is 6.92 Å². The maximum Gasteiger partial charge on any atom is 0.0226 e. The highest BCUT2D eigenvalue weighted by Gasteiger charge is 2.05. The van der Waals surface area contributed by atoms with E-state index in [1.807, 2.05) is 11.8 Å². The fourth-order valence-electron chi connectivity index (χ4n) is 0.920. The van der Waals surface area contributed by atoms with Crippen molar-refractivity contribution in [2.24, 2.45) is 0 Å². The summed E-state index contributed by atoms with van der Waals surface area (Å²) in [5, 5.41) is 0.745. The molecule has 0 rings (SSSR count). The van der Waals surface area contributed by atoms with E-state index >= 15 is 0 Å². The van der Waals surface area contributed by atoms with Gasteiger partial charge in [0.25, 0.3) is 0 Å². The van der Waals surface area contributed by atoms with Crippen LogP contribution in [0.15, 0.2) is 0 Å². The number of rotatable bonds is 9. The van der Waals surface area contributed by atoms with Crippen LogP contribution in [0.4, 0.5) is 0 Å². The third kappa shape index (κ3) is 9.70. The molecule has 13 heavy (non-hydrogen) atoms. The second kappa shape index (κ2) is 11.5. The molecule has 0 radical (unpaired) electrons. The summed E-state index contributed by atoms with van der Waals surface area (Å²) in [6.07, 6.45) is 2.56. The van der Waals surface area contributed by atoms with E-state index in [9.17, 15) is 0 Å². The second-order valence-corrected chi connectivity index (χ2v) is 6.31. The van der Waals surface area contributed by atoms with Crippen LogP contribution in [0.25, 0.3) is 0 Å². The highest BCUT2D eigenvalue weighted by Crippen LogP contribution is 2.18. The Hall–Kier alpha value is 1.40. The Bertz CT molecular complexity index is 97.6. The van der Waals surface area contributed by atoms with Gasteiger partial charge in [-0.25, -0.2) is 0 Å². The van der Waals surface area contributed by atoms with E-state index in [1.165, 1.54) is 30.1 Å². The molecule has 80 valence electrons. The lowest BCUT2D eigenvalue weighted by molar-refractivity contribution is 0.909. The molecule has 0 aliphatic heterocycles. The van der Waals surface area contributed by atoms with Gasteiger partial charge >= 0.3 is 0 Å². The Balaban J connectivity index is 3.17. The molecular formula is C9H20S4. The number of unbranched alkanes of at least 4 members (excludes halogenated alkanes) is 1. The third-order valence-electron chi connectivity index (χ3n) is 1.61. The van der Waals surface area contributed by atoms with E-state index in [0.717, 1.165) is 16.8 Å². The van der Waals surface area contributed by atoms with Crippen molar-refractivity contribution in [3.63, 3.8) is 0 Å². The number of hydrogen-bond acceptors (Lipinski definition) is 4. The Morgan fingerprint density at radius 3 is 2.54 bits per heavy atom. The fraction of sp³-hybridized carbons (Fsp3) is 1.00. The molecule has 1 atom stereocenters. The second-order valence-electron chi connectivity index (χ2n) is 2.77. The number of thiol groups is 2. The molecule has 1 unspecified atom stereocenters. The van der Waals surface area contributed by atoms with Crippen LogP contribution in [0.5, 0.6) is 0 Å². The van der Waals surface area contributed by atoms with Crippen molar-refractivity contribution < 1.29 is 0 Å². The molecule has 0 heterocycles. The Kier molecular flexibility index (Phi) is 12.7. The molecule has 0 saturated heterocycles. The van der Waals surface area contributed by atoms with Crippen molar-refractivity contribution in [2.75, 3.05) is 28.8 Å². The van der Waals surface area contributed by atoms with E-state index in [0.29, 0.717) is 0 Å². The first kappa shape index (κ1) is 14.4. The van der Waals surface area contributed by atoms with Crippen molar-refractivity contribution in [2.45, 2.75) is 25.0 Å². The molecule has 0 aliphatic rings. The maximum absolute atomic E-state index is 4.35. The van der Waals surface area contributed by atoms with Crippen LogP contribution in [0.2, 0.25) is 0 Å². The number of thioether (sulfide) groups is 2. The summed E-state index contributed by atoms with van der Waals surface area (Å²) in [5.74, 6) is 5.80. The minimum absolute atomic E-state index is 0.745. The minimum atomic E-state index is 0.745. The smallest absolute Gasteiger partial charge is 0.0226 e. The lowest BCUT2D eigenvalue weighted by Gasteiger charge is -2.11. The Labute approximate surface area is 102 Å². The molecule has 0 aromatic carbocycles. The molecule has 0 aliphatic carbocycles. The van der Waals surface area contributed by atoms with Crippen molar-refractivity contribution >= 4 is 48.8 Å². The normalized spacial score (nSPS) is 13.2. The monoisotopic (exact) mass is 256 g/mol. The van der Waals surface area contributed by atoms with E-state index in [1.54, 1.807) is 0 Å². The van der Waals surface area contributed by atoms with Crippen LogP contribution in [0, 0.1) is 0 Å². The van der Waals surface area contributed by atoms with Crippen molar-refractivity contribution in [3.05, 3.63) is 0 Å². The first-order valence-electron chi connectivity index (χ1n) is 4.76. The molecule has 0 nitrogen and oxygen atoms in total. The predicted molar refractivity (Wildman–Crippen MR) is 76.2 cm³/mol. The molecule has 0 spiro atoms. The molecule has 0 N–H and O–H groups in total. The average Bonchev–Trinajstić information content (AvgIpc) is 2.16. The van der Waals surface area contributed by atoms with Gasteiger partial charge in [0.15, 0.2) is 0 Å². The zero-order chi connectivity index (χ0) is 9.94. The molecule has 0 aromatic rings. The summed E-state index contributed by atoms with van der Waals surface area (Å²) in [4.78, 5) is 0. The molecule has 0 saturated carbocycles. The first-order valence-corrected chi connectivity index (χ1v) is 8.23. The highest BCUT2D eigenvalue weighted by molar-refractivity contribution is 8.03. The van der Waals surface area contributed by atoms with Crippen LogP contribution in [-0.2, 0) is 0 Å². The zero-order valence-electron chi connectivity index (χ0n) is 8.24. The van der Waals surface area contributed by atoms with E-state index in [4.69, 9.17) is 0 Å². The topological polar surface area (TPSA) is 0 Å². The van der Waals surface area contributed by atoms with Crippen LogP contribution >= 0.6 is 48.8 Å². The first-order chi connectivity index (χ1) is 6.35. The summed E-state index contributed by atoms with van der Waals surface area (Å²) in [6.45, 7) is 2.21. The molecule has 4 heteroatoms. The standard InChI is InChI=1S/C9H20S4/c1-2-13-9(7-11)8-12-6-4-3-5-10/h9-11H,2-8H2,1H3. The summed E-state index contributed by atoms with van der Waals surface area (Å²) in [6, 6.07) is 0. The van der Waals surface area contributed by atoms with Crippen LogP contribution in [-0.4, -0.2) is 34.0 Å². The van der Waals surface area contributed by atoms with Gasteiger partial charge in [-0.05, 0) is 30.1 Å². The van der Waals surface area contributed by atoms with E-state index < -0.39 is 0 Å². The predicted octanol–water partition coefficient (Wildman–Crippen LogP) is 3.48. The lowest BCUT2D eigenvalue weighted by Crippen LogP contribution is -2.09. The molecule has 0 fully saturated rings. The highest BCUT2D eigenvalue weighted by atomic mass is 32.2. The largest absolute Gasteiger partial charge is 0.179 e. The van der Waals surface area contributed by atoms with Crippen molar-refractivity contribution in [3.8, 4) is 0 Å². The maximum atomic E-state index is 4.35. The van der Waals surface area contributed by atoms with E-state index in [2.05, 4.69) is 43.9 Å². The summed E-state index contributed by atoms with van der Waals surface area (Å²) in [7, 11) is 0. The van der Waals surface area contributed by atoms with Gasteiger partial charge in [0.1, 0.15) is 0 Å². The fourth-order valence-corrected chi connectivity index (χ4v) is 3.97. The van der Waals surface area contributed by atoms with Gasteiger partial charge in [-0.2, -0.15) is 48.8 Å². The molecule has 0 amide bonds. The Morgan fingerprint density at radius 1 is 1.23 bits per heavy atom. The third-order valence-corrected chi connectivity index (χ3v) is 5.18.